The van der Waals surface area contributed by atoms with Gasteiger partial charge in [-0.2, -0.15) is 5.26 Å². The average Bonchev–Trinajstić information content (AvgIpc) is 2.82. The summed E-state index contributed by atoms with van der Waals surface area (Å²) in [5, 5.41) is 12.2. The zero-order valence-electron chi connectivity index (χ0n) is 17.7. The third-order valence-corrected chi connectivity index (χ3v) is 5.07. The van der Waals surface area contributed by atoms with Gasteiger partial charge in [-0.1, -0.05) is 43.3 Å². The molecule has 162 valence electrons. The van der Waals surface area contributed by atoms with E-state index in [-0.39, 0.29) is 5.57 Å². The molecule has 0 atom stereocenters. The standard InChI is InChI=1S/C26H23BrN2O3/c1-2-14-31-25-13-8-20(16-24(25)27)15-21(17-28)26(30)29-22-9-11-23(12-10-22)32-18-19-6-4-3-5-7-19/h3-13,15-16H,2,14,18H2,1H3,(H,29,30)/b21-15+. The fraction of sp³-hybridized carbons (Fsp3) is 0.154. The Morgan fingerprint density at radius 1 is 1.06 bits per heavy atom. The van der Waals surface area contributed by atoms with Crippen LogP contribution >= 0.6 is 15.9 Å². The molecule has 0 fully saturated rings. The van der Waals surface area contributed by atoms with E-state index in [1.807, 2.05) is 55.5 Å². The smallest absolute Gasteiger partial charge is 0.266 e. The molecule has 0 saturated heterocycles. The van der Waals surface area contributed by atoms with Crippen molar-refractivity contribution in [3.63, 3.8) is 0 Å². The lowest BCUT2D eigenvalue weighted by Gasteiger charge is -2.09. The van der Waals surface area contributed by atoms with Crippen molar-refractivity contribution in [2.75, 3.05) is 11.9 Å². The monoisotopic (exact) mass is 490 g/mol. The molecule has 3 rings (SSSR count). The fourth-order valence-electron chi connectivity index (χ4n) is 2.83. The molecule has 0 heterocycles. The second-order valence-electron chi connectivity index (χ2n) is 6.96. The summed E-state index contributed by atoms with van der Waals surface area (Å²) >= 11 is 3.46. The van der Waals surface area contributed by atoms with Gasteiger partial charge in [0.25, 0.3) is 5.91 Å². The third-order valence-electron chi connectivity index (χ3n) is 4.45. The number of nitrogens with one attached hydrogen (secondary N) is 1. The van der Waals surface area contributed by atoms with E-state index < -0.39 is 5.91 Å². The van der Waals surface area contributed by atoms with Crippen LogP contribution in [-0.2, 0) is 11.4 Å². The van der Waals surface area contributed by atoms with E-state index in [2.05, 4.69) is 21.2 Å². The number of ether oxygens (including phenoxy) is 2. The second-order valence-corrected chi connectivity index (χ2v) is 7.82. The molecule has 0 spiro atoms. The number of nitriles is 1. The minimum absolute atomic E-state index is 0.00327. The molecule has 1 amide bonds. The van der Waals surface area contributed by atoms with Gasteiger partial charge in [-0.3, -0.25) is 4.79 Å². The Hall–Kier alpha value is -3.56. The first kappa shape index (κ1) is 23.1. The summed E-state index contributed by atoms with van der Waals surface area (Å²) in [7, 11) is 0. The quantitative estimate of drug-likeness (QED) is 0.279. The normalized spacial score (nSPS) is 10.8. The van der Waals surface area contributed by atoms with Crippen LogP contribution in [-0.4, -0.2) is 12.5 Å². The van der Waals surface area contributed by atoms with Crippen LogP contribution in [0.5, 0.6) is 11.5 Å². The highest BCUT2D eigenvalue weighted by Gasteiger charge is 2.11. The minimum atomic E-state index is -0.479. The first-order chi connectivity index (χ1) is 15.6. The Morgan fingerprint density at radius 3 is 2.47 bits per heavy atom. The molecule has 6 heteroatoms. The summed E-state index contributed by atoms with van der Waals surface area (Å²) in [4.78, 5) is 12.6. The van der Waals surface area contributed by atoms with Gasteiger partial charge >= 0.3 is 0 Å². The van der Waals surface area contributed by atoms with Gasteiger partial charge < -0.3 is 14.8 Å². The molecule has 32 heavy (non-hydrogen) atoms. The molecule has 0 aliphatic rings. The first-order valence-corrected chi connectivity index (χ1v) is 11.0. The molecule has 0 saturated carbocycles. The van der Waals surface area contributed by atoms with Crippen LogP contribution in [0.15, 0.2) is 82.8 Å². The van der Waals surface area contributed by atoms with Crippen molar-refractivity contribution in [2.45, 2.75) is 20.0 Å². The van der Waals surface area contributed by atoms with Gasteiger partial charge in [0.15, 0.2) is 0 Å². The van der Waals surface area contributed by atoms with Crippen LogP contribution in [0.25, 0.3) is 6.08 Å². The van der Waals surface area contributed by atoms with Gasteiger partial charge in [-0.05, 0) is 76.0 Å². The van der Waals surface area contributed by atoms with Gasteiger partial charge in [0.1, 0.15) is 29.7 Å². The molecule has 0 unspecified atom stereocenters. The third kappa shape index (κ3) is 6.73. The Labute approximate surface area is 196 Å². The molecule has 0 aliphatic carbocycles. The van der Waals surface area contributed by atoms with Gasteiger partial charge in [0, 0.05) is 5.69 Å². The number of benzene rings is 3. The van der Waals surface area contributed by atoms with Crippen LogP contribution in [0.1, 0.15) is 24.5 Å². The first-order valence-electron chi connectivity index (χ1n) is 10.2. The van der Waals surface area contributed by atoms with Crippen LogP contribution in [0.4, 0.5) is 5.69 Å². The number of hydrogen-bond acceptors (Lipinski definition) is 4. The molecule has 1 N–H and O–H groups in total. The fourth-order valence-corrected chi connectivity index (χ4v) is 3.34. The largest absolute Gasteiger partial charge is 0.492 e. The van der Waals surface area contributed by atoms with Crippen LogP contribution in [0, 0.1) is 11.3 Å². The van der Waals surface area contributed by atoms with Crippen molar-refractivity contribution in [3.05, 3.63) is 94.0 Å². The number of amides is 1. The van der Waals surface area contributed by atoms with E-state index in [0.29, 0.717) is 24.7 Å². The summed E-state index contributed by atoms with van der Waals surface area (Å²) in [5.41, 5.74) is 2.37. The lowest BCUT2D eigenvalue weighted by atomic mass is 10.1. The Balaban J connectivity index is 1.62. The topological polar surface area (TPSA) is 71.3 Å². The van der Waals surface area contributed by atoms with Crippen LogP contribution < -0.4 is 14.8 Å². The Bertz CT molecular complexity index is 1120. The molecule has 5 nitrogen and oxygen atoms in total. The van der Waals surface area contributed by atoms with Crippen molar-refractivity contribution >= 4 is 33.6 Å². The molecular formula is C26H23BrN2O3. The Morgan fingerprint density at radius 2 is 1.81 bits per heavy atom. The average molecular weight is 491 g/mol. The second kappa shape index (κ2) is 11.7. The van der Waals surface area contributed by atoms with Gasteiger partial charge in [0.2, 0.25) is 0 Å². The summed E-state index contributed by atoms with van der Waals surface area (Å²) in [6, 6.07) is 24.3. The zero-order chi connectivity index (χ0) is 22.8. The number of carbonyl (C=O) groups is 1. The van der Waals surface area contributed by atoms with E-state index in [1.54, 1.807) is 36.4 Å². The van der Waals surface area contributed by atoms with E-state index in [4.69, 9.17) is 9.47 Å². The number of carbonyl (C=O) groups excluding carboxylic acids is 1. The number of anilines is 1. The molecule has 0 radical (unpaired) electrons. The van der Waals surface area contributed by atoms with Gasteiger partial charge in [-0.15, -0.1) is 0 Å². The van der Waals surface area contributed by atoms with Crippen molar-refractivity contribution < 1.29 is 14.3 Å². The maximum Gasteiger partial charge on any atom is 0.266 e. The highest BCUT2D eigenvalue weighted by Crippen LogP contribution is 2.27. The maximum absolute atomic E-state index is 12.6. The van der Waals surface area contributed by atoms with Crippen molar-refractivity contribution in [2.24, 2.45) is 0 Å². The van der Waals surface area contributed by atoms with Crippen molar-refractivity contribution in [1.29, 1.82) is 5.26 Å². The highest BCUT2D eigenvalue weighted by atomic mass is 79.9. The zero-order valence-corrected chi connectivity index (χ0v) is 19.3. The van der Waals surface area contributed by atoms with Gasteiger partial charge in [-0.25, -0.2) is 0 Å². The molecular weight excluding hydrogens is 468 g/mol. The van der Waals surface area contributed by atoms with Crippen LogP contribution in [0.3, 0.4) is 0 Å². The molecule has 0 bridgehead atoms. The molecule has 0 aromatic heterocycles. The number of halogens is 1. The van der Waals surface area contributed by atoms with E-state index in [0.717, 1.165) is 27.8 Å². The molecule has 3 aromatic rings. The SMILES string of the molecule is CCCOc1ccc(/C=C(\C#N)C(=O)Nc2ccc(OCc3ccccc3)cc2)cc1Br. The van der Waals surface area contributed by atoms with Crippen molar-refractivity contribution in [3.8, 4) is 17.6 Å². The Kier molecular flexibility index (Phi) is 8.47. The van der Waals surface area contributed by atoms with Gasteiger partial charge in [0.05, 0.1) is 11.1 Å². The van der Waals surface area contributed by atoms with E-state index in [1.165, 1.54) is 0 Å². The van der Waals surface area contributed by atoms with E-state index in [9.17, 15) is 10.1 Å². The highest BCUT2D eigenvalue weighted by molar-refractivity contribution is 9.10. The summed E-state index contributed by atoms with van der Waals surface area (Å²) < 4.78 is 12.1. The summed E-state index contributed by atoms with van der Waals surface area (Å²) in [5.74, 6) is 0.938. The number of nitrogens with zero attached hydrogens (tertiary/aromatic N) is 1. The predicted molar refractivity (Wildman–Crippen MR) is 129 cm³/mol. The predicted octanol–water partition coefficient (Wildman–Crippen LogP) is 6.36. The number of hydrogen-bond donors (Lipinski definition) is 1. The lowest BCUT2D eigenvalue weighted by molar-refractivity contribution is -0.112. The number of rotatable bonds is 9. The minimum Gasteiger partial charge on any atom is -0.492 e. The lowest BCUT2D eigenvalue weighted by Crippen LogP contribution is -2.13. The molecule has 0 aliphatic heterocycles. The van der Waals surface area contributed by atoms with E-state index >= 15 is 0 Å². The summed E-state index contributed by atoms with van der Waals surface area (Å²) in [6.07, 6.45) is 2.45. The summed E-state index contributed by atoms with van der Waals surface area (Å²) in [6.45, 7) is 3.12. The van der Waals surface area contributed by atoms with Crippen LogP contribution in [0.2, 0.25) is 0 Å². The maximum atomic E-state index is 12.6. The van der Waals surface area contributed by atoms with Crippen molar-refractivity contribution in [1.82, 2.24) is 0 Å². The molecule has 3 aromatic carbocycles.